The Labute approximate surface area is 145 Å². The largest absolute Gasteiger partial charge is 0.468 e. The monoisotopic (exact) mass is 337 g/mol. The number of methoxy groups -OCH3 is 1. The standard InChI is InChI=1S/C18H19N5O2/c1-11-7-12-5-3-4-6-13(12)16(11)22-17-14-8-21-23(9-15(24)25-2)18(14)20-10-19-17/h3-6,8,10-11,16H,7,9H2,1-2H3,(H,19,20,22)/t11-,16-/m1/s1. The van der Waals surface area contributed by atoms with E-state index in [-0.39, 0.29) is 18.6 Å². The summed E-state index contributed by atoms with van der Waals surface area (Å²) < 4.78 is 6.23. The third kappa shape index (κ3) is 2.71. The van der Waals surface area contributed by atoms with Gasteiger partial charge >= 0.3 is 5.97 Å². The highest BCUT2D eigenvalue weighted by Gasteiger charge is 2.29. The lowest BCUT2D eigenvalue weighted by Crippen LogP contribution is -2.16. The lowest BCUT2D eigenvalue weighted by Gasteiger charge is -2.19. The molecule has 0 aliphatic heterocycles. The van der Waals surface area contributed by atoms with Gasteiger partial charge in [-0.15, -0.1) is 0 Å². The van der Waals surface area contributed by atoms with Gasteiger partial charge in [-0.05, 0) is 23.5 Å². The summed E-state index contributed by atoms with van der Waals surface area (Å²) in [4.78, 5) is 20.2. The molecule has 3 aromatic rings. The first-order chi connectivity index (χ1) is 12.2. The van der Waals surface area contributed by atoms with Crippen molar-refractivity contribution in [1.29, 1.82) is 0 Å². The van der Waals surface area contributed by atoms with Crippen molar-refractivity contribution >= 4 is 22.8 Å². The lowest BCUT2D eigenvalue weighted by atomic mass is 10.0. The van der Waals surface area contributed by atoms with Gasteiger partial charge in [0, 0.05) is 0 Å². The molecular weight excluding hydrogens is 318 g/mol. The Kier molecular flexibility index (Phi) is 3.83. The second-order valence-electron chi connectivity index (χ2n) is 6.34. The minimum Gasteiger partial charge on any atom is -0.468 e. The van der Waals surface area contributed by atoms with Crippen LogP contribution in [0.1, 0.15) is 24.1 Å². The summed E-state index contributed by atoms with van der Waals surface area (Å²) in [6.07, 6.45) is 4.22. The van der Waals surface area contributed by atoms with Crippen LogP contribution in [0.25, 0.3) is 11.0 Å². The van der Waals surface area contributed by atoms with Gasteiger partial charge < -0.3 is 10.1 Å². The summed E-state index contributed by atoms with van der Waals surface area (Å²) in [5.41, 5.74) is 3.30. The first-order valence-corrected chi connectivity index (χ1v) is 8.25. The Balaban J connectivity index is 1.68. The molecule has 0 bridgehead atoms. The molecule has 4 rings (SSSR count). The lowest BCUT2D eigenvalue weighted by molar-refractivity contribution is -0.141. The fraction of sp³-hybridized carbons (Fsp3) is 0.333. The Morgan fingerprint density at radius 3 is 3.04 bits per heavy atom. The van der Waals surface area contributed by atoms with Crippen molar-refractivity contribution in [2.75, 3.05) is 12.4 Å². The molecule has 0 radical (unpaired) electrons. The highest BCUT2D eigenvalue weighted by atomic mass is 16.5. The minimum atomic E-state index is -0.364. The summed E-state index contributed by atoms with van der Waals surface area (Å²) in [5.74, 6) is 0.832. The van der Waals surface area contributed by atoms with Gasteiger partial charge in [0.25, 0.3) is 0 Å². The fourth-order valence-electron chi connectivity index (χ4n) is 3.47. The molecule has 0 fully saturated rings. The molecule has 1 N–H and O–H groups in total. The highest BCUT2D eigenvalue weighted by Crippen LogP contribution is 2.38. The molecule has 128 valence electrons. The minimum absolute atomic E-state index is 0.0269. The van der Waals surface area contributed by atoms with Crippen LogP contribution >= 0.6 is 0 Å². The van der Waals surface area contributed by atoms with E-state index in [2.05, 4.69) is 51.6 Å². The van der Waals surface area contributed by atoms with Crippen molar-refractivity contribution < 1.29 is 9.53 Å². The Morgan fingerprint density at radius 1 is 1.36 bits per heavy atom. The number of nitrogens with zero attached hydrogens (tertiary/aromatic N) is 4. The molecule has 0 saturated heterocycles. The molecule has 25 heavy (non-hydrogen) atoms. The number of benzene rings is 1. The van der Waals surface area contributed by atoms with Crippen LogP contribution < -0.4 is 5.32 Å². The molecule has 0 unspecified atom stereocenters. The number of carbonyl (C=O) groups is 1. The van der Waals surface area contributed by atoms with E-state index in [0.29, 0.717) is 11.6 Å². The predicted octanol–water partition coefficient (Wildman–Crippen LogP) is 2.34. The number of rotatable bonds is 4. The van der Waals surface area contributed by atoms with E-state index >= 15 is 0 Å². The maximum absolute atomic E-state index is 11.5. The van der Waals surface area contributed by atoms with Gasteiger partial charge in [-0.2, -0.15) is 5.10 Å². The Morgan fingerprint density at radius 2 is 2.20 bits per heavy atom. The van der Waals surface area contributed by atoms with E-state index < -0.39 is 0 Å². The molecule has 2 heterocycles. The van der Waals surface area contributed by atoms with Crippen molar-refractivity contribution in [2.24, 2.45) is 5.92 Å². The van der Waals surface area contributed by atoms with Crippen LogP contribution in [0.5, 0.6) is 0 Å². The topological polar surface area (TPSA) is 81.9 Å². The van der Waals surface area contributed by atoms with Crippen molar-refractivity contribution in [3.8, 4) is 0 Å². The van der Waals surface area contributed by atoms with Gasteiger partial charge in [0.2, 0.25) is 0 Å². The molecule has 0 spiro atoms. The number of nitrogens with one attached hydrogen (secondary N) is 1. The van der Waals surface area contributed by atoms with Crippen LogP contribution in [-0.2, 0) is 22.5 Å². The van der Waals surface area contributed by atoms with Gasteiger partial charge in [-0.25, -0.2) is 14.6 Å². The maximum Gasteiger partial charge on any atom is 0.327 e. The third-order valence-electron chi connectivity index (χ3n) is 4.73. The molecule has 2 aromatic heterocycles. The number of carbonyl (C=O) groups excluding carboxylic acids is 1. The SMILES string of the molecule is COC(=O)Cn1ncc2c(N[C@H]3c4ccccc4C[C@H]3C)ncnc21. The number of hydrogen-bond donors (Lipinski definition) is 1. The Hall–Kier alpha value is -2.96. The fourth-order valence-corrected chi connectivity index (χ4v) is 3.47. The van der Waals surface area contributed by atoms with Crippen molar-refractivity contribution in [3.05, 3.63) is 47.9 Å². The van der Waals surface area contributed by atoms with E-state index in [1.807, 2.05) is 0 Å². The van der Waals surface area contributed by atoms with Crippen LogP contribution in [0, 0.1) is 5.92 Å². The average Bonchev–Trinajstić information content (AvgIpc) is 3.17. The van der Waals surface area contributed by atoms with Crippen LogP contribution in [0.3, 0.4) is 0 Å². The quantitative estimate of drug-likeness (QED) is 0.736. The molecule has 1 aliphatic carbocycles. The van der Waals surface area contributed by atoms with E-state index in [4.69, 9.17) is 4.74 Å². The Bertz CT molecular complexity index is 936. The molecular formula is C18H19N5O2. The van der Waals surface area contributed by atoms with Crippen LogP contribution in [-0.4, -0.2) is 32.8 Å². The van der Waals surface area contributed by atoms with Crippen molar-refractivity contribution in [2.45, 2.75) is 25.9 Å². The number of fused-ring (bicyclic) bond motifs is 2. The predicted molar refractivity (Wildman–Crippen MR) is 93.0 cm³/mol. The van der Waals surface area contributed by atoms with E-state index in [9.17, 15) is 4.79 Å². The second-order valence-corrected chi connectivity index (χ2v) is 6.34. The molecule has 1 aromatic carbocycles. The van der Waals surface area contributed by atoms with E-state index in [1.165, 1.54) is 29.2 Å². The van der Waals surface area contributed by atoms with Gasteiger partial charge in [0.1, 0.15) is 18.7 Å². The normalized spacial score (nSPS) is 19.0. The first-order valence-electron chi connectivity index (χ1n) is 8.25. The van der Waals surface area contributed by atoms with E-state index in [1.54, 1.807) is 6.20 Å². The first kappa shape index (κ1) is 15.6. The second kappa shape index (κ2) is 6.16. The zero-order chi connectivity index (χ0) is 17.4. The molecule has 0 saturated carbocycles. The maximum atomic E-state index is 11.5. The third-order valence-corrected chi connectivity index (χ3v) is 4.73. The number of anilines is 1. The molecule has 1 aliphatic rings. The summed E-state index contributed by atoms with van der Waals surface area (Å²) in [7, 11) is 1.36. The number of esters is 1. The smallest absolute Gasteiger partial charge is 0.327 e. The summed E-state index contributed by atoms with van der Waals surface area (Å²) >= 11 is 0. The van der Waals surface area contributed by atoms with Gasteiger partial charge in [-0.1, -0.05) is 31.2 Å². The summed E-state index contributed by atoms with van der Waals surface area (Å²) in [5, 5.41) is 8.60. The number of hydrogen-bond acceptors (Lipinski definition) is 6. The molecule has 7 nitrogen and oxygen atoms in total. The van der Waals surface area contributed by atoms with Crippen LogP contribution in [0.15, 0.2) is 36.8 Å². The highest BCUT2D eigenvalue weighted by molar-refractivity contribution is 5.87. The molecule has 2 atom stereocenters. The van der Waals surface area contributed by atoms with Gasteiger partial charge in [-0.3, -0.25) is 4.79 Å². The van der Waals surface area contributed by atoms with Crippen molar-refractivity contribution in [3.63, 3.8) is 0 Å². The van der Waals surface area contributed by atoms with Gasteiger partial charge in [0.05, 0.1) is 24.7 Å². The van der Waals surface area contributed by atoms with E-state index in [0.717, 1.165) is 17.6 Å². The molecule has 7 heteroatoms. The zero-order valence-electron chi connectivity index (χ0n) is 14.1. The zero-order valence-corrected chi connectivity index (χ0v) is 14.1. The molecule has 0 amide bonds. The number of ether oxygens (including phenoxy) is 1. The average molecular weight is 337 g/mol. The van der Waals surface area contributed by atoms with Crippen molar-refractivity contribution in [1.82, 2.24) is 19.7 Å². The summed E-state index contributed by atoms with van der Waals surface area (Å²) in [6.45, 7) is 2.26. The summed E-state index contributed by atoms with van der Waals surface area (Å²) in [6, 6.07) is 8.68. The van der Waals surface area contributed by atoms with Crippen LogP contribution in [0.2, 0.25) is 0 Å². The van der Waals surface area contributed by atoms with Crippen LogP contribution in [0.4, 0.5) is 5.82 Å². The van der Waals surface area contributed by atoms with Gasteiger partial charge in [0.15, 0.2) is 5.65 Å². The number of aromatic nitrogens is 4.